The predicted octanol–water partition coefficient (Wildman–Crippen LogP) is 1.81. The van der Waals surface area contributed by atoms with E-state index in [0.717, 1.165) is 29.1 Å². The second-order valence-corrected chi connectivity index (χ2v) is 8.35. The first-order valence-electron chi connectivity index (χ1n) is 10.4. The number of ether oxygens (including phenoxy) is 1. The third kappa shape index (κ3) is 3.90. The van der Waals surface area contributed by atoms with E-state index in [1.165, 1.54) is 4.68 Å². The summed E-state index contributed by atoms with van der Waals surface area (Å²) < 4.78 is 11.8. The molecule has 2 atom stereocenters. The van der Waals surface area contributed by atoms with Gasteiger partial charge < -0.3 is 25.5 Å². The van der Waals surface area contributed by atoms with Gasteiger partial charge in [0.2, 0.25) is 5.89 Å². The first kappa shape index (κ1) is 20.7. The lowest BCUT2D eigenvalue weighted by Gasteiger charge is -2.18. The van der Waals surface area contributed by atoms with E-state index in [4.69, 9.17) is 26.5 Å². The van der Waals surface area contributed by atoms with Crippen LogP contribution in [0.15, 0.2) is 45.6 Å². The lowest BCUT2D eigenvalue weighted by molar-refractivity contribution is -0.118. The van der Waals surface area contributed by atoms with E-state index in [2.05, 4.69) is 15.7 Å². The van der Waals surface area contributed by atoms with Crippen molar-refractivity contribution in [1.82, 2.24) is 15.1 Å². The van der Waals surface area contributed by atoms with Gasteiger partial charge in [-0.2, -0.15) is 4.68 Å². The molecule has 4 N–H and O–H groups in total. The average molecular weight is 456 g/mol. The molecule has 3 aromatic rings. The van der Waals surface area contributed by atoms with Crippen molar-refractivity contribution in [3.8, 4) is 11.4 Å². The van der Waals surface area contributed by atoms with E-state index in [9.17, 15) is 9.59 Å². The van der Waals surface area contributed by atoms with E-state index in [-0.39, 0.29) is 24.5 Å². The van der Waals surface area contributed by atoms with Gasteiger partial charge in [0.05, 0.1) is 11.4 Å². The Hall–Kier alpha value is -3.14. The molecule has 0 fully saturated rings. The summed E-state index contributed by atoms with van der Waals surface area (Å²) in [5.41, 5.74) is 9.60. The fourth-order valence-corrected chi connectivity index (χ4v) is 4.47. The number of anilines is 1. The topological polar surface area (TPSA) is 124 Å². The second kappa shape index (κ2) is 8.42. The standard InChI is InChI=1S/C22H22ClN5O4/c23-16-3-1-2-14-15(16)8-12(21(14)24)10-25-7-6-20-27-28(22(30)32-20)13-4-5-18-17(9-13)26-19(29)11-31-18/h1-5,9,12,21,25H,6-8,10-11,24H2,(H,26,29). The zero-order valence-corrected chi connectivity index (χ0v) is 17.9. The molecule has 0 saturated heterocycles. The minimum Gasteiger partial charge on any atom is -0.482 e. The molecule has 2 unspecified atom stereocenters. The molecule has 2 aliphatic rings. The van der Waals surface area contributed by atoms with Crippen LogP contribution in [-0.4, -0.2) is 35.4 Å². The minimum atomic E-state index is -0.592. The Morgan fingerprint density at radius 2 is 2.16 bits per heavy atom. The number of carbonyl (C=O) groups is 1. The van der Waals surface area contributed by atoms with Gasteiger partial charge in [0.15, 0.2) is 6.61 Å². The SMILES string of the molecule is NC1c2cccc(Cl)c2CC1CNCCc1nn(-c2ccc3c(c2)NC(=O)CO3)c(=O)o1. The van der Waals surface area contributed by atoms with Gasteiger partial charge in [-0.05, 0) is 47.7 Å². The molecule has 1 aliphatic heterocycles. The molecular formula is C22H22ClN5O4. The van der Waals surface area contributed by atoms with Gasteiger partial charge in [-0.1, -0.05) is 23.7 Å². The van der Waals surface area contributed by atoms with Crippen molar-refractivity contribution in [3.05, 3.63) is 69.0 Å². The molecule has 10 heteroatoms. The third-order valence-electron chi connectivity index (χ3n) is 5.84. The summed E-state index contributed by atoms with van der Waals surface area (Å²) in [6, 6.07) is 10.8. The van der Waals surface area contributed by atoms with Crippen LogP contribution in [0.2, 0.25) is 5.02 Å². The van der Waals surface area contributed by atoms with Crippen LogP contribution in [0, 0.1) is 5.92 Å². The number of amides is 1. The lowest BCUT2D eigenvalue weighted by Crippen LogP contribution is -2.30. The van der Waals surface area contributed by atoms with E-state index < -0.39 is 5.76 Å². The van der Waals surface area contributed by atoms with Crippen molar-refractivity contribution in [2.24, 2.45) is 11.7 Å². The number of nitrogens with zero attached hydrogens (tertiary/aromatic N) is 2. The van der Waals surface area contributed by atoms with Crippen molar-refractivity contribution in [3.63, 3.8) is 0 Å². The summed E-state index contributed by atoms with van der Waals surface area (Å²) in [4.78, 5) is 23.8. The Morgan fingerprint density at radius 3 is 3.00 bits per heavy atom. The molecule has 5 rings (SSSR count). The molecule has 0 spiro atoms. The number of nitrogens with one attached hydrogen (secondary N) is 2. The lowest BCUT2D eigenvalue weighted by atomic mass is 10.0. The summed E-state index contributed by atoms with van der Waals surface area (Å²) >= 11 is 6.30. The van der Waals surface area contributed by atoms with Crippen LogP contribution in [0.4, 0.5) is 5.69 Å². The Kier molecular flexibility index (Phi) is 5.46. The van der Waals surface area contributed by atoms with Crippen LogP contribution in [0.3, 0.4) is 0 Å². The van der Waals surface area contributed by atoms with Crippen LogP contribution in [0.5, 0.6) is 5.75 Å². The van der Waals surface area contributed by atoms with Gasteiger partial charge >= 0.3 is 5.76 Å². The molecule has 2 aromatic carbocycles. The number of carbonyl (C=O) groups excluding carboxylic acids is 1. The van der Waals surface area contributed by atoms with Gasteiger partial charge in [0.1, 0.15) is 5.75 Å². The zero-order valence-electron chi connectivity index (χ0n) is 17.1. The number of hydrogen-bond acceptors (Lipinski definition) is 7. The van der Waals surface area contributed by atoms with Crippen molar-refractivity contribution < 1.29 is 13.9 Å². The number of halogens is 1. The first-order chi connectivity index (χ1) is 15.5. The fourth-order valence-electron chi connectivity index (χ4n) is 4.21. The second-order valence-electron chi connectivity index (χ2n) is 7.94. The highest BCUT2D eigenvalue weighted by molar-refractivity contribution is 6.31. The number of aromatic nitrogens is 2. The van der Waals surface area contributed by atoms with Crippen molar-refractivity contribution in [2.75, 3.05) is 25.0 Å². The monoisotopic (exact) mass is 455 g/mol. The largest absolute Gasteiger partial charge is 0.482 e. The van der Waals surface area contributed by atoms with Crippen molar-refractivity contribution in [2.45, 2.75) is 18.9 Å². The summed E-state index contributed by atoms with van der Waals surface area (Å²) in [5.74, 6) is 0.278. The Bertz CT molecular complexity index is 1240. The van der Waals surface area contributed by atoms with Gasteiger partial charge in [-0.3, -0.25) is 4.79 Å². The number of benzene rings is 2. The summed E-state index contributed by atoms with van der Waals surface area (Å²) in [6.45, 7) is 1.28. The van der Waals surface area contributed by atoms with Crippen LogP contribution < -0.4 is 26.9 Å². The minimum absolute atomic E-state index is 0.0295. The summed E-state index contributed by atoms with van der Waals surface area (Å²) in [6.07, 6.45) is 1.29. The molecule has 32 heavy (non-hydrogen) atoms. The van der Waals surface area contributed by atoms with Gasteiger partial charge in [0, 0.05) is 30.6 Å². The smallest absolute Gasteiger partial charge is 0.441 e. The highest BCUT2D eigenvalue weighted by Gasteiger charge is 2.30. The fraction of sp³-hybridized carbons (Fsp3) is 0.318. The molecule has 0 saturated carbocycles. The van der Waals surface area contributed by atoms with Crippen LogP contribution >= 0.6 is 11.6 Å². The Balaban J connectivity index is 1.19. The van der Waals surface area contributed by atoms with E-state index in [1.807, 2.05) is 18.2 Å². The molecular weight excluding hydrogens is 434 g/mol. The zero-order chi connectivity index (χ0) is 22.2. The molecule has 1 aliphatic carbocycles. The van der Waals surface area contributed by atoms with Crippen LogP contribution in [0.1, 0.15) is 23.1 Å². The average Bonchev–Trinajstić information content (AvgIpc) is 3.31. The van der Waals surface area contributed by atoms with Crippen molar-refractivity contribution in [1.29, 1.82) is 0 Å². The normalized spacial score (nSPS) is 19.2. The van der Waals surface area contributed by atoms with E-state index in [0.29, 0.717) is 36.0 Å². The molecule has 0 radical (unpaired) electrons. The quantitative estimate of drug-likeness (QED) is 0.484. The third-order valence-corrected chi connectivity index (χ3v) is 6.19. The predicted molar refractivity (Wildman–Crippen MR) is 118 cm³/mol. The number of hydrogen-bond donors (Lipinski definition) is 3. The van der Waals surface area contributed by atoms with Gasteiger partial charge in [-0.15, -0.1) is 5.10 Å². The molecule has 1 amide bonds. The summed E-state index contributed by atoms with van der Waals surface area (Å²) in [7, 11) is 0. The molecule has 1 aromatic heterocycles. The maximum absolute atomic E-state index is 12.3. The van der Waals surface area contributed by atoms with Gasteiger partial charge in [-0.25, -0.2) is 4.79 Å². The Morgan fingerprint density at radius 1 is 1.28 bits per heavy atom. The number of nitrogens with two attached hydrogens (primary N) is 1. The molecule has 2 heterocycles. The van der Waals surface area contributed by atoms with Crippen LogP contribution in [-0.2, 0) is 17.6 Å². The molecule has 166 valence electrons. The maximum Gasteiger partial charge on any atom is 0.441 e. The number of fused-ring (bicyclic) bond motifs is 2. The van der Waals surface area contributed by atoms with E-state index >= 15 is 0 Å². The molecule has 9 nitrogen and oxygen atoms in total. The van der Waals surface area contributed by atoms with Crippen molar-refractivity contribution >= 4 is 23.2 Å². The summed E-state index contributed by atoms with van der Waals surface area (Å²) in [5, 5.41) is 11.1. The highest BCUT2D eigenvalue weighted by Crippen LogP contribution is 2.37. The Labute approximate surface area is 188 Å². The van der Waals surface area contributed by atoms with Gasteiger partial charge in [0.25, 0.3) is 5.91 Å². The molecule has 0 bridgehead atoms. The maximum atomic E-state index is 12.3. The highest BCUT2D eigenvalue weighted by atomic mass is 35.5. The van der Waals surface area contributed by atoms with Crippen LogP contribution in [0.25, 0.3) is 5.69 Å². The van der Waals surface area contributed by atoms with E-state index in [1.54, 1.807) is 18.2 Å². The first-order valence-corrected chi connectivity index (χ1v) is 10.8. The number of rotatable bonds is 6.